The molecule has 96 valence electrons. The van der Waals surface area contributed by atoms with Gasteiger partial charge in [-0.15, -0.1) is 0 Å². The highest BCUT2D eigenvalue weighted by molar-refractivity contribution is 7.19. The largest absolute Gasteiger partial charge is 0.323 e. The molecule has 2 aromatic heterocycles. The molecule has 0 fully saturated rings. The Balaban J connectivity index is 2.01. The Morgan fingerprint density at radius 2 is 2.11 bits per heavy atom. The Morgan fingerprint density at radius 3 is 2.89 bits per heavy atom. The van der Waals surface area contributed by atoms with Crippen molar-refractivity contribution >= 4 is 33.4 Å². The zero-order valence-corrected chi connectivity index (χ0v) is 10.8. The quantitative estimate of drug-likeness (QED) is 0.667. The van der Waals surface area contributed by atoms with Crippen molar-refractivity contribution < 1.29 is 4.79 Å². The molecule has 0 bridgehead atoms. The Kier molecular flexibility index (Phi) is 2.68. The van der Waals surface area contributed by atoms with E-state index in [9.17, 15) is 9.59 Å². The fourth-order valence-corrected chi connectivity index (χ4v) is 2.66. The number of rotatable bonds is 2. The average Bonchev–Trinajstić information content (AvgIpc) is 2.92. The van der Waals surface area contributed by atoms with Gasteiger partial charge in [-0.1, -0.05) is 17.4 Å². The van der Waals surface area contributed by atoms with E-state index in [1.54, 1.807) is 6.20 Å². The van der Waals surface area contributed by atoms with Crippen LogP contribution in [0, 0.1) is 0 Å². The standard InChI is InChI=1S/C12H10N4O2S/c1-6(17)14-12-13-5-10(19-12)7-2-3-8-9(4-7)16-11(18)15-8/h2-5H,1H3,(H,13,14,17)(H2,15,16,18). The van der Waals surface area contributed by atoms with Crippen LogP contribution in [0.1, 0.15) is 6.92 Å². The number of aromatic amines is 2. The highest BCUT2D eigenvalue weighted by atomic mass is 32.1. The van der Waals surface area contributed by atoms with Crippen molar-refractivity contribution in [3.63, 3.8) is 0 Å². The van der Waals surface area contributed by atoms with Gasteiger partial charge in [0.15, 0.2) is 5.13 Å². The van der Waals surface area contributed by atoms with Crippen LogP contribution in [0.4, 0.5) is 5.13 Å². The van der Waals surface area contributed by atoms with Crippen LogP contribution in [0.3, 0.4) is 0 Å². The molecule has 3 aromatic rings. The number of nitrogens with zero attached hydrogens (tertiary/aromatic N) is 1. The summed E-state index contributed by atoms with van der Waals surface area (Å²) in [5.41, 5.74) is 2.23. The van der Waals surface area contributed by atoms with Crippen LogP contribution in [-0.4, -0.2) is 20.9 Å². The van der Waals surface area contributed by atoms with Gasteiger partial charge in [0.25, 0.3) is 0 Å². The summed E-state index contributed by atoms with van der Waals surface area (Å²) in [5.74, 6) is -0.147. The van der Waals surface area contributed by atoms with Crippen molar-refractivity contribution in [3.8, 4) is 10.4 Å². The molecule has 0 aliphatic heterocycles. The molecule has 6 nitrogen and oxygen atoms in total. The molecule has 1 amide bonds. The number of nitrogens with one attached hydrogen (secondary N) is 3. The molecule has 3 N–H and O–H groups in total. The SMILES string of the molecule is CC(=O)Nc1ncc(-c2ccc3[nH]c(=O)[nH]c3c2)s1. The van der Waals surface area contributed by atoms with E-state index in [-0.39, 0.29) is 11.6 Å². The third-order valence-electron chi connectivity index (χ3n) is 2.59. The van der Waals surface area contributed by atoms with Gasteiger partial charge in [-0.05, 0) is 17.7 Å². The normalized spacial score (nSPS) is 10.8. The van der Waals surface area contributed by atoms with Crippen molar-refractivity contribution in [1.29, 1.82) is 0 Å². The van der Waals surface area contributed by atoms with Crippen LogP contribution in [0.25, 0.3) is 21.5 Å². The zero-order chi connectivity index (χ0) is 13.4. The number of hydrogen-bond donors (Lipinski definition) is 3. The summed E-state index contributed by atoms with van der Waals surface area (Å²) in [6.45, 7) is 1.44. The van der Waals surface area contributed by atoms with Crippen LogP contribution in [0.15, 0.2) is 29.2 Å². The fraction of sp³-hybridized carbons (Fsp3) is 0.0833. The van der Waals surface area contributed by atoms with Gasteiger partial charge in [0.2, 0.25) is 5.91 Å². The Morgan fingerprint density at radius 1 is 1.32 bits per heavy atom. The number of imidazole rings is 1. The third-order valence-corrected chi connectivity index (χ3v) is 3.55. The first-order valence-corrected chi connectivity index (χ1v) is 6.39. The van der Waals surface area contributed by atoms with Gasteiger partial charge in [0, 0.05) is 13.1 Å². The molecule has 7 heteroatoms. The van der Waals surface area contributed by atoms with Crippen LogP contribution in [0.5, 0.6) is 0 Å². The van der Waals surface area contributed by atoms with Gasteiger partial charge < -0.3 is 15.3 Å². The molecule has 2 heterocycles. The van der Waals surface area contributed by atoms with E-state index in [0.29, 0.717) is 5.13 Å². The Bertz CT molecular complexity index is 814. The number of hydrogen-bond acceptors (Lipinski definition) is 4. The summed E-state index contributed by atoms with van der Waals surface area (Å²) < 4.78 is 0. The molecule has 0 saturated carbocycles. The molecule has 0 spiro atoms. The Labute approximate surface area is 111 Å². The predicted molar refractivity (Wildman–Crippen MR) is 74.3 cm³/mol. The summed E-state index contributed by atoms with van der Waals surface area (Å²) in [6, 6.07) is 5.61. The van der Waals surface area contributed by atoms with Crippen molar-refractivity contribution in [3.05, 3.63) is 34.9 Å². The molecule has 0 aliphatic carbocycles. The van der Waals surface area contributed by atoms with Crippen molar-refractivity contribution in [1.82, 2.24) is 15.0 Å². The number of thiazole rings is 1. The number of fused-ring (bicyclic) bond motifs is 1. The maximum atomic E-state index is 11.2. The summed E-state index contributed by atoms with van der Waals surface area (Å²) in [7, 11) is 0. The first-order valence-electron chi connectivity index (χ1n) is 5.58. The number of carbonyl (C=O) groups is 1. The van der Waals surface area contributed by atoms with E-state index < -0.39 is 0 Å². The summed E-state index contributed by atoms with van der Waals surface area (Å²) in [4.78, 5) is 32.6. The number of H-pyrrole nitrogens is 2. The number of aromatic nitrogens is 3. The minimum atomic E-state index is -0.226. The maximum absolute atomic E-state index is 11.2. The first-order chi connectivity index (χ1) is 9.11. The second kappa shape index (κ2) is 4.36. The number of amides is 1. The lowest BCUT2D eigenvalue weighted by Gasteiger charge is -1.96. The summed E-state index contributed by atoms with van der Waals surface area (Å²) in [6.07, 6.45) is 1.70. The van der Waals surface area contributed by atoms with E-state index in [0.717, 1.165) is 21.5 Å². The Hall–Kier alpha value is -2.41. The average molecular weight is 274 g/mol. The number of carbonyl (C=O) groups excluding carboxylic acids is 1. The van der Waals surface area contributed by atoms with E-state index in [2.05, 4.69) is 20.3 Å². The monoisotopic (exact) mass is 274 g/mol. The predicted octanol–water partition coefficient (Wildman–Crippen LogP) is 1.94. The van der Waals surface area contributed by atoms with E-state index in [4.69, 9.17) is 0 Å². The molecule has 0 aliphatic rings. The lowest BCUT2D eigenvalue weighted by molar-refractivity contribution is -0.114. The molecule has 0 unspecified atom stereocenters. The van der Waals surface area contributed by atoms with Crippen LogP contribution < -0.4 is 11.0 Å². The van der Waals surface area contributed by atoms with Gasteiger partial charge in [0.05, 0.1) is 15.9 Å². The lowest BCUT2D eigenvalue weighted by Crippen LogP contribution is -2.04. The molecule has 19 heavy (non-hydrogen) atoms. The van der Waals surface area contributed by atoms with Gasteiger partial charge in [-0.25, -0.2) is 9.78 Å². The molecule has 0 radical (unpaired) electrons. The van der Waals surface area contributed by atoms with Crippen molar-refractivity contribution in [2.75, 3.05) is 5.32 Å². The second-order valence-corrected chi connectivity index (χ2v) is 5.08. The molecule has 0 atom stereocenters. The second-order valence-electron chi connectivity index (χ2n) is 4.05. The number of benzene rings is 1. The summed E-state index contributed by atoms with van der Waals surface area (Å²) >= 11 is 1.38. The van der Waals surface area contributed by atoms with E-state index in [1.807, 2.05) is 18.2 Å². The van der Waals surface area contributed by atoms with Crippen molar-refractivity contribution in [2.45, 2.75) is 6.92 Å². The minimum absolute atomic E-state index is 0.147. The van der Waals surface area contributed by atoms with Crippen LogP contribution in [0.2, 0.25) is 0 Å². The molecular weight excluding hydrogens is 264 g/mol. The molecule has 0 saturated heterocycles. The maximum Gasteiger partial charge on any atom is 0.323 e. The smallest absolute Gasteiger partial charge is 0.306 e. The van der Waals surface area contributed by atoms with Gasteiger partial charge >= 0.3 is 5.69 Å². The van der Waals surface area contributed by atoms with Crippen molar-refractivity contribution in [2.24, 2.45) is 0 Å². The molecular formula is C12H10N4O2S. The fourth-order valence-electron chi connectivity index (χ4n) is 1.80. The van der Waals surface area contributed by atoms with E-state index >= 15 is 0 Å². The molecule has 1 aromatic carbocycles. The van der Waals surface area contributed by atoms with Crippen LogP contribution in [-0.2, 0) is 4.79 Å². The van der Waals surface area contributed by atoms with Gasteiger partial charge in [0.1, 0.15) is 0 Å². The summed E-state index contributed by atoms with van der Waals surface area (Å²) in [5, 5.41) is 3.20. The molecule has 3 rings (SSSR count). The topological polar surface area (TPSA) is 90.6 Å². The minimum Gasteiger partial charge on any atom is -0.306 e. The van der Waals surface area contributed by atoms with Gasteiger partial charge in [-0.2, -0.15) is 0 Å². The van der Waals surface area contributed by atoms with E-state index in [1.165, 1.54) is 18.3 Å². The highest BCUT2D eigenvalue weighted by Gasteiger charge is 2.07. The zero-order valence-electron chi connectivity index (χ0n) is 9.98. The highest BCUT2D eigenvalue weighted by Crippen LogP contribution is 2.30. The third kappa shape index (κ3) is 2.27. The lowest BCUT2D eigenvalue weighted by atomic mass is 10.2. The van der Waals surface area contributed by atoms with Gasteiger partial charge in [-0.3, -0.25) is 4.79 Å². The first kappa shape index (κ1) is 11.7. The number of anilines is 1. The van der Waals surface area contributed by atoms with Crippen LogP contribution >= 0.6 is 11.3 Å².